The molecule has 0 aromatic rings. The van der Waals surface area contributed by atoms with Crippen molar-refractivity contribution in [3.8, 4) is 0 Å². The van der Waals surface area contributed by atoms with Crippen LogP contribution in [0.2, 0.25) is 0 Å². The molecule has 2 heterocycles. The number of amides is 1. The molecular weight excluding hydrogens is 242 g/mol. The van der Waals surface area contributed by atoms with Gasteiger partial charge in [0.25, 0.3) is 0 Å². The first-order valence-electron chi connectivity index (χ1n) is 7.42. The van der Waals surface area contributed by atoms with Gasteiger partial charge in [-0.05, 0) is 18.9 Å². The molecule has 2 aliphatic heterocycles. The first kappa shape index (κ1) is 14.8. The molecule has 0 radical (unpaired) electrons. The highest BCUT2D eigenvalue weighted by Crippen LogP contribution is 2.16. The van der Waals surface area contributed by atoms with Gasteiger partial charge >= 0.3 is 0 Å². The van der Waals surface area contributed by atoms with Gasteiger partial charge in [0.05, 0.1) is 19.1 Å². The van der Waals surface area contributed by atoms with Crippen LogP contribution < -0.4 is 5.73 Å². The van der Waals surface area contributed by atoms with Crippen LogP contribution in [0.25, 0.3) is 0 Å². The first-order valence-corrected chi connectivity index (χ1v) is 7.42. The maximum absolute atomic E-state index is 12.3. The molecular formula is C14H27N3O2. The fraction of sp³-hybridized carbons (Fsp3) is 0.929. The number of ether oxygens (including phenoxy) is 1. The molecule has 2 saturated heterocycles. The highest BCUT2D eigenvalue weighted by molar-refractivity contribution is 5.80. The summed E-state index contributed by atoms with van der Waals surface area (Å²) in [5, 5.41) is 0. The van der Waals surface area contributed by atoms with Crippen molar-refractivity contribution in [2.45, 2.75) is 26.3 Å². The molecule has 0 spiro atoms. The van der Waals surface area contributed by atoms with Crippen molar-refractivity contribution < 1.29 is 9.53 Å². The van der Waals surface area contributed by atoms with Crippen LogP contribution in [0.15, 0.2) is 0 Å². The second kappa shape index (κ2) is 6.68. The number of piperazine rings is 1. The average molecular weight is 269 g/mol. The molecule has 0 aromatic carbocycles. The van der Waals surface area contributed by atoms with Crippen molar-refractivity contribution >= 4 is 5.91 Å². The van der Waals surface area contributed by atoms with Crippen LogP contribution in [-0.2, 0) is 9.53 Å². The number of nitrogens with two attached hydrogens (primary N) is 1. The minimum Gasteiger partial charge on any atom is -0.379 e. The van der Waals surface area contributed by atoms with E-state index in [-0.39, 0.29) is 17.9 Å². The van der Waals surface area contributed by atoms with E-state index in [4.69, 9.17) is 10.5 Å². The largest absolute Gasteiger partial charge is 0.379 e. The van der Waals surface area contributed by atoms with E-state index in [0.29, 0.717) is 13.2 Å². The summed E-state index contributed by atoms with van der Waals surface area (Å²) in [4.78, 5) is 16.7. The van der Waals surface area contributed by atoms with Crippen molar-refractivity contribution in [1.29, 1.82) is 0 Å². The lowest BCUT2D eigenvalue weighted by Crippen LogP contribution is -2.52. The highest BCUT2D eigenvalue weighted by atomic mass is 16.5. The van der Waals surface area contributed by atoms with Gasteiger partial charge in [-0.3, -0.25) is 9.69 Å². The number of rotatable bonds is 4. The van der Waals surface area contributed by atoms with Gasteiger partial charge < -0.3 is 15.4 Å². The third-order valence-electron chi connectivity index (χ3n) is 4.15. The lowest BCUT2D eigenvalue weighted by molar-refractivity contribution is -0.137. The van der Waals surface area contributed by atoms with E-state index in [9.17, 15) is 4.79 Å². The third-order valence-corrected chi connectivity index (χ3v) is 4.15. The molecule has 2 N–H and O–H groups in total. The topological polar surface area (TPSA) is 58.8 Å². The summed E-state index contributed by atoms with van der Waals surface area (Å²) in [5.41, 5.74) is 5.91. The molecule has 0 aromatic heterocycles. The summed E-state index contributed by atoms with van der Waals surface area (Å²) >= 11 is 0. The second-order valence-corrected chi connectivity index (χ2v) is 6.16. The van der Waals surface area contributed by atoms with Gasteiger partial charge in [0.15, 0.2) is 0 Å². The molecule has 2 rings (SSSR count). The van der Waals surface area contributed by atoms with Crippen molar-refractivity contribution in [3.05, 3.63) is 0 Å². The maximum Gasteiger partial charge on any atom is 0.229 e. The normalized spacial score (nSPS) is 29.2. The summed E-state index contributed by atoms with van der Waals surface area (Å²) in [7, 11) is 0. The Morgan fingerprint density at radius 2 is 1.95 bits per heavy atom. The van der Waals surface area contributed by atoms with E-state index in [1.54, 1.807) is 0 Å². The van der Waals surface area contributed by atoms with E-state index in [0.717, 1.165) is 38.6 Å². The predicted octanol–water partition coefficient (Wildman–Crippen LogP) is 0.150. The fourth-order valence-electron chi connectivity index (χ4n) is 2.69. The van der Waals surface area contributed by atoms with Crippen molar-refractivity contribution in [1.82, 2.24) is 9.80 Å². The van der Waals surface area contributed by atoms with Gasteiger partial charge in [0.1, 0.15) is 0 Å². The Labute approximate surface area is 116 Å². The van der Waals surface area contributed by atoms with Crippen LogP contribution in [-0.4, -0.2) is 67.7 Å². The standard InChI is InChI=1S/C14H27N3O2/c1-11(2)3-4-16-5-7-17(8-6-16)14(18)12-9-19-10-13(12)15/h11-13H,3-10,15H2,1-2H3. The van der Waals surface area contributed by atoms with Crippen LogP contribution in [0.5, 0.6) is 0 Å². The van der Waals surface area contributed by atoms with Crippen LogP contribution in [0.3, 0.4) is 0 Å². The number of carbonyl (C=O) groups excluding carboxylic acids is 1. The summed E-state index contributed by atoms with van der Waals surface area (Å²) in [6.45, 7) is 10.3. The molecule has 110 valence electrons. The summed E-state index contributed by atoms with van der Waals surface area (Å²) < 4.78 is 5.28. The van der Waals surface area contributed by atoms with Crippen molar-refractivity contribution in [2.75, 3.05) is 45.9 Å². The van der Waals surface area contributed by atoms with E-state index in [1.165, 1.54) is 6.42 Å². The molecule has 5 heteroatoms. The van der Waals surface area contributed by atoms with Gasteiger partial charge in [0, 0.05) is 32.2 Å². The second-order valence-electron chi connectivity index (χ2n) is 6.16. The van der Waals surface area contributed by atoms with E-state index in [2.05, 4.69) is 18.7 Å². The lowest BCUT2D eigenvalue weighted by atomic mass is 10.0. The van der Waals surface area contributed by atoms with Crippen molar-refractivity contribution in [3.63, 3.8) is 0 Å². The molecule has 2 fully saturated rings. The average Bonchev–Trinajstić information content (AvgIpc) is 2.82. The fourth-order valence-corrected chi connectivity index (χ4v) is 2.69. The smallest absolute Gasteiger partial charge is 0.229 e. The molecule has 19 heavy (non-hydrogen) atoms. The lowest BCUT2D eigenvalue weighted by Gasteiger charge is -2.36. The predicted molar refractivity (Wildman–Crippen MR) is 74.8 cm³/mol. The molecule has 2 aliphatic rings. The van der Waals surface area contributed by atoms with Gasteiger partial charge in [-0.25, -0.2) is 0 Å². The third kappa shape index (κ3) is 3.91. The summed E-state index contributed by atoms with van der Waals surface area (Å²) in [6.07, 6.45) is 1.23. The van der Waals surface area contributed by atoms with E-state index >= 15 is 0 Å². The minimum atomic E-state index is -0.123. The first-order chi connectivity index (χ1) is 9.08. The highest BCUT2D eigenvalue weighted by Gasteiger charge is 2.35. The monoisotopic (exact) mass is 269 g/mol. The number of hydrogen-bond donors (Lipinski definition) is 1. The minimum absolute atomic E-state index is 0.119. The Kier molecular flexibility index (Phi) is 5.19. The molecule has 2 unspecified atom stereocenters. The maximum atomic E-state index is 12.3. The number of carbonyl (C=O) groups is 1. The number of nitrogens with zero attached hydrogens (tertiary/aromatic N) is 2. The molecule has 5 nitrogen and oxygen atoms in total. The van der Waals surface area contributed by atoms with Crippen molar-refractivity contribution in [2.24, 2.45) is 17.6 Å². The molecule has 1 amide bonds. The zero-order valence-electron chi connectivity index (χ0n) is 12.2. The van der Waals surface area contributed by atoms with Crippen LogP contribution >= 0.6 is 0 Å². The Morgan fingerprint density at radius 1 is 1.26 bits per heavy atom. The summed E-state index contributed by atoms with van der Waals surface area (Å²) in [6, 6.07) is -0.119. The van der Waals surface area contributed by atoms with Gasteiger partial charge in [0.2, 0.25) is 5.91 Å². The Hall–Kier alpha value is -0.650. The Morgan fingerprint density at radius 3 is 2.47 bits per heavy atom. The van der Waals surface area contributed by atoms with Crippen LogP contribution in [0.1, 0.15) is 20.3 Å². The molecule has 0 bridgehead atoms. The SMILES string of the molecule is CC(C)CCN1CCN(C(=O)C2COCC2N)CC1. The zero-order chi connectivity index (χ0) is 13.8. The molecule has 2 atom stereocenters. The van der Waals surface area contributed by atoms with Gasteiger partial charge in [-0.15, -0.1) is 0 Å². The Bertz CT molecular complexity index is 301. The summed E-state index contributed by atoms with van der Waals surface area (Å²) in [5.74, 6) is 0.809. The van der Waals surface area contributed by atoms with Crippen LogP contribution in [0.4, 0.5) is 0 Å². The van der Waals surface area contributed by atoms with Gasteiger partial charge in [-0.1, -0.05) is 13.8 Å². The van der Waals surface area contributed by atoms with E-state index in [1.807, 2.05) is 4.90 Å². The number of hydrogen-bond acceptors (Lipinski definition) is 4. The van der Waals surface area contributed by atoms with Crippen LogP contribution in [0, 0.1) is 11.8 Å². The molecule has 0 saturated carbocycles. The quantitative estimate of drug-likeness (QED) is 0.789. The Balaban J connectivity index is 1.75. The molecule has 0 aliphatic carbocycles. The van der Waals surface area contributed by atoms with E-state index < -0.39 is 0 Å². The van der Waals surface area contributed by atoms with Gasteiger partial charge in [-0.2, -0.15) is 0 Å². The zero-order valence-corrected chi connectivity index (χ0v) is 12.2.